The molecule has 0 saturated carbocycles. The number of carbonyl (C=O) groups is 1. The lowest BCUT2D eigenvalue weighted by molar-refractivity contribution is -0.131. The lowest BCUT2D eigenvalue weighted by Crippen LogP contribution is -2.14. The lowest BCUT2D eigenvalue weighted by atomic mass is 10.1. The van der Waals surface area contributed by atoms with Gasteiger partial charge >= 0.3 is 11.7 Å². The van der Waals surface area contributed by atoms with Gasteiger partial charge in [-0.2, -0.15) is 0 Å². The lowest BCUT2D eigenvalue weighted by Gasteiger charge is -2.11. The average Bonchev–Trinajstić information content (AvgIpc) is 2.66. The largest absolute Gasteiger partial charge is 0.478 e. The van der Waals surface area contributed by atoms with E-state index in [1.54, 1.807) is 38.4 Å². The summed E-state index contributed by atoms with van der Waals surface area (Å²) in [6.45, 7) is 0. The highest BCUT2D eigenvalue weighted by molar-refractivity contribution is 5.80. The molecule has 2 rings (SSSR count). The molecule has 1 aromatic heterocycles. The van der Waals surface area contributed by atoms with E-state index in [2.05, 4.69) is 5.32 Å². The van der Waals surface area contributed by atoms with E-state index in [4.69, 9.17) is 9.52 Å². The monoisotopic (exact) mass is 262 g/mol. The molecule has 1 heterocycles. The van der Waals surface area contributed by atoms with Crippen molar-refractivity contribution < 1.29 is 14.3 Å². The molecule has 0 saturated heterocycles. The van der Waals surface area contributed by atoms with Gasteiger partial charge in [-0.1, -0.05) is 12.1 Å². The number of oxazole rings is 1. The molecule has 19 heavy (non-hydrogen) atoms. The third-order valence-electron chi connectivity index (χ3n) is 2.92. The number of aliphatic carboxylic acids is 1. The maximum atomic E-state index is 11.4. The number of aromatic nitrogens is 1. The predicted molar refractivity (Wildman–Crippen MR) is 70.0 cm³/mol. The summed E-state index contributed by atoms with van der Waals surface area (Å²) >= 11 is 0. The molecule has 6 nitrogen and oxygen atoms in total. The van der Waals surface area contributed by atoms with Gasteiger partial charge in [0.05, 0.1) is 11.6 Å². The number of rotatable bonds is 4. The number of aryl methyl sites for hydroxylation is 1. The maximum Gasteiger partial charge on any atom is 0.419 e. The van der Waals surface area contributed by atoms with Crippen molar-refractivity contribution in [3.63, 3.8) is 0 Å². The molecule has 1 unspecified atom stereocenters. The summed E-state index contributed by atoms with van der Waals surface area (Å²) in [4.78, 5) is 21.9. The molecule has 2 N–H and O–H groups in total. The van der Waals surface area contributed by atoms with Crippen LogP contribution in [0.1, 0.15) is 11.6 Å². The number of nitrogens with zero attached hydrogens (tertiary/aromatic N) is 1. The molecule has 0 radical (unpaired) electrons. The van der Waals surface area contributed by atoms with Crippen LogP contribution in [-0.2, 0) is 11.8 Å². The van der Waals surface area contributed by atoms with Crippen LogP contribution in [0.25, 0.3) is 11.1 Å². The number of benzene rings is 1. The molecule has 0 amide bonds. The van der Waals surface area contributed by atoms with Crippen LogP contribution in [-0.4, -0.2) is 22.7 Å². The van der Waals surface area contributed by atoms with E-state index >= 15 is 0 Å². The fourth-order valence-electron chi connectivity index (χ4n) is 1.89. The summed E-state index contributed by atoms with van der Waals surface area (Å²) < 4.78 is 6.45. The van der Waals surface area contributed by atoms with Crippen molar-refractivity contribution in [1.29, 1.82) is 0 Å². The molecule has 6 heteroatoms. The first-order chi connectivity index (χ1) is 9.02. The van der Waals surface area contributed by atoms with E-state index in [9.17, 15) is 9.59 Å². The Labute approximate surface area is 109 Å². The third-order valence-corrected chi connectivity index (χ3v) is 2.92. The van der Waals surface area contributed by atoms with Crippen molar-refractivity contribution in [1.82, 2.24) is 9.88 Å². The van der Waals surface area contributed by atoms with Gasteiger partial charge in [-0.25, -0.2) is 9.59 Å². The van der Waals surface area contributed by atoms with Gasteiger partial charge in [0, 0.05) is 13.1 Å². The van der Waals surface area contributed by atoms with Crippen LogP contribution in [0.2, 0.25) is 0 Å². The molecule has 1 atom stereocenters. The maximum absolute atomic E-state index is 11.4. The minimum absolute atomic E-state index is 0.245. The zero-order valence-electron chi connectivity index (χ0n) is 10.6. The summed E-state index contributed by atoms with van der Waals surface area (Å²) in [5.74, 6) is -1.42. The van der Waals surface area contributed by atoms with E-state index in [1.807, 2.05) is 0 Å². The molecule has 0 aliphatic carbocycles. The average molecular weight is 262 g/mol. The van der Waals surface area contributed by atoms with Crippen molar-refractivity contribution in [2.24, 2.45) is 7.05 Å². The number of hydrogen-bond acceptors (Lipinski definition) is 4. The first-order valence-electron chi connectivity index (χ1n) is 5.71. The fourth-order valence-corrected chi connectivity index (χ4v) is 1.89. The number of nitrogens with one attached hydrogen (secondary N) is 1. The quantitative estimate of drug-likeness (QED) is 0.804. The standard InChI is InChI=1S/C13H14N2O4/c1-14-9(4-6-12(16)17)8-3-5-11-10(7-8)15(2)13(18)19-11/h3-7,9,14H,1-2H3,(H,16,17)/b6-4+. The summed E-state index contributed by atoms with van der Waals surface area (Å²) in [6, 6.07) is 5.04. The molecule has 0 aliphatic rings. The molecule has 1 aromatic carbocycles. The van der Waals surface area contributed by atoms with E-state index < -0.39 is 11.7 Å². The second-order valence-electron chi connectivity index (χ2n) is 4.12. The van der Waals surface area contributed by atoms with Gasteiger partial charge in [-0.05, 0) is 24.7 Å². The van der Waals surface area contributed by atoms with E-state index in [1.165, 1.54) is 4.57 Å². The second kappa shape index (κ2) is 5.11. The Hall–Kier alpha value is -2.34. The molecular formula is C13H14N2O4. The Balaban J connectivity index is 2.46. The highest BCUT2D eigenvalue weighted by Crippen LogP contribution is 2.20. The van der Waals surface area contributed by atoms with Gasteiger partial charge in [0.1, 0.15) is 0 Å². The van der Waals surface area contributed by atoms with Gasteiger partial charge in [0.2, 0.25) is 0 Å². The van der Waals surface area contributed by atoms with Gasteiger partial charge in [-0.15, -0.1) is 0 Å². The van der Waals surface area contributed by atoms with E-state index in [0.717, 1.165) is 11.6 Å². The Bertz CT molecular complexity index is 696. The summed E-state index contributed by atoms with van der Waals surface area (Å²) in [6.07, 6.45) is 2.63. The number of hydrogen-bond donors (Lipinski definition) is 2. The van der Waals surface area contributed by atoms with Crippen LogP contribution in [0.15, 0.2) is 39.6 Å². The Morgan fingerprint density at radius 3 is 2.89 bits per heavy atom. The number of carboxylic acid groups (broad SMARTS) is 1. The topological polar surface area (TPSA) is 84.5 Å². The second-order valence-corrected chi connectivity index (χ2v) is 4.12. The SMILES string of the molecule is CNC(/C=C/C(=O)O)c1ccc2oc(=O)n(C)c2c1. The Morgan fingerprint density at radius 2 is 2.26 bits per heavy atom. The van der Waals surface area contributed by atoms with Crippen molar-refractivity contribution in [3.8, 4) is 0 Å². The molecular weight excluding hydrogens is 248 g/mol. The molecule has 0 bridgehead atoms. The van der Waals surface area contributed by atoms with Gasteiger partial charge in [0.25, 0.3) is 0 Å². The van der Waals surface area contributed by atoms with Gasteiger partial charge < -0.3 is 14.8 Å². The van der Waals surface area contributed by atoms with Crippen molar-refractivity contribution in [2.75, 3.05) is 7.05 Å². The summed E-state index contributed by atoms with van der Waals surface area (Å²) in [7, 11) is 3.36. The zero-order chi connectivity index (χ0) is 14.0. The van der Waals surface area contributed by atoms with Crippen LogP contribution in [0.3, 0.4) is 0 Å². The van der Waals surface area contributed by atoms with Crippen molar-refractivity contribution >= 4 is 17.1 Å². The first kappa shape index (κ1) is 13.1. The third kappa shape index (κ3) is 2.58. The highest BCUT2D eigenvalue weighted by Gasteiger charge is 2.11. The van der Waals surface area contributed by atoms with Gasteiger partial charge in [0.15, 0.2) is 5.58 Å². The normalized spacial score (nSPS) is 13.2. The Kier molecular flexibility index (Phi) is 3.52. The zero-order valence-corrected chi connectivity index (χ0v) is 10.6. The summed E-state index contributed by atoms with van der Waals surface area (Å²) in [5, 5.41) is 11.6. The van der Waals surface area contributed by atoms with Gasteiger partial charge in [-0.3, -0.25) is 4.57 Å². The van der Waals surface area contributed by atoms with E-state index in [0.29, 0.717) is 11.1 Å². The Morgan fingerprint density at radius 1 is 1.53 bits per heavy atom. The number of likely N-dealkylation sites (N-methyl/N-ethyl adjacent to an activating group) is 1. The smallest absolute Gasteiger partial charge is 0.419 e. The molecule has 0 spiro atoms. The molecule has 100 valence electrons. The van der Waals surface area contributed by atoms with Crippen molar-refractivity contribution in [2.45, 2.75) is 6.04 Å². The molecule has 0 fully saturated rings. The van der Waals surface area contributed by atoms with Crippen LogP contribution < -0.4 is 11.1 Å². The summed E-state index contributed by atoms with van der Waals surface area (Å²) in [5.41, 5.74) is 2.03. The van der Waals surface area contributed by atoms with Crippen LogP contribution in [0.4, 0.5) is 0 Å². The molecule has 0 aliphatic heterocycles. The number of carboxylic acids is 1. The van der Waals surface area contributed by atoms with Crippen LogP contribution in [0, 0.1) is 0 Å². The minimum atomic E-state index is -1.00. The number of fused-ring (bicyclic) bond motifs is 1. The molecule has 2 aromatic rings. The highest BCUT2D eigenvalue weighted by atomic mass is 16.4. The van der Waals surface area contributed by atoms with Crippen LogP contribution >= 0.6 is 0 Å². The van der Waals surface area contributed by atoms with E-state index in [-0.39, 0.29) is 6.04 Å². The minimum Gasteiger partial charge on any atom is -0.478 e. The fraction of sp³-hybridized carbons (Fsp3) is 0.231. The first-order valence-corrected chi connectivity index (χ1v) is 5.71. The van der Waals surface area contributed by atoms with Crippen LogP contribution in [0.5, 0.6) is 0 Å². The predicted octanol–water partition coefficient (Wildman–Crippen LogP) is 1.03. The van der Waals surface area contributed by atoms with Crippen molar-refractivity contribution in [3.05, 3.63) is 46.5 Å².